The molecule has 0 saturated carbocycles. The van der Waals surface area contributed by atoms with Gasteiger partial charge in [-0.2, -0.15) is 0 Å². The first-order chi connectivity index (χ1) is 8.20. The maximum Gasteiger partial charge on any atom is 0.319 e. The van der Waals surface area contributed by atoms with E-state index in [1.807, 2.05) is 11.3 Å². The smallest absolute Gasteiger partial charge is 0.319 e. The molecule has 2 rings (SSSR count). The average molecular weight is 253 g/mol. The molecule has 1 heterocycles. The van der Waals surface area contributed by atoms with E-state index in [1.54, 1.807) is 0 Å². The van der Waals surface area contributed by atoms with Crippen molar-refractivity contribution in [2.75, 3.05) is 13.7 Å². The number of fused-ring (bicyclic) bond motifs is 1. The predicted octanol–water partition coefficient (Wildman–Crippen LogP) is 2.45. The summed E-state index contributed by atoms with van der Waals surface area (Å²) in [6.45, 7) is 2.38. The zero-order valence-corrected chi connectivity index (χ0v) is 11.2. The SMILES string of the molecule is COC(=O)CNC(C)c1cc2c(s1)CCCC2. The Balaban J connectivity index is 1.96. The molecule has 1 aliphatic carbocycles. The van der Waals surface area contributed by atoms with Crippen molar-refractivity contribution in [2.45, 2.75) is 38.6 Å². The molecule has 1 aromatic heterocycles. The Labute approximate surface area is 106 Å². The Morgan fingerprint density at radius 1 is 1.53 bits per heavy atom. The Morgan fingerprint density at radius 2 is 2.29 bits per heavy atom. The first-order valence-electron chi connectivity index (χ1n) is 6.12. The molecule has 0 bridgehead atoms. The van der Waals surface area contributed by atoms with E-state index in [0.717, 1.165) is 0 Å². The molecule has 0 aliphatic heterocycles. The summed E-state index contributed by atoms with van der Waals surface area (Å²) >= 11 is 1.89. The highest BCUT2D eigenvalue weighted by Crippen LogP contribution is 2.32. The lowest BCUT2D eigenvalue weighted by atomic mass is 9.99. The van der Waals surface area contributed by atoms with Gasteiger partial charge in [-0.05, 0) is 44.2 Å². The molecular formula is C13H19NO2S. The Hall–Kier alpha value is -0.870. The van der Waals surface area contributed by atoms with Crippen molar-refractivity contribution >= 4 is 17.3 Å². The summed E-state index contributed by atoms with van der Waals surface area (Å²) in [6, 6.07) is 2.53. The van der Waals surface area contributed by atoms with Crippen LogP contribution in [0.5, 0.6) is 0 Å². The van der Waals surface area contributed by atoms with Crippen LogP contribution in [0.3, 0.4) is 0 Å². The number of nitrogens with one attached hydrogen (secondary N) is 1. The van der Waals surface area contributed by atoms with E-state index in [4.69, 9.17) is 0 Å². The Morgan fingerprint density at radius 3 is 3.00 bits per heavy atom. The van der Waals surface area contributed by atoms with Crippen molar-refractivity contribution in [2.24, 2.45) is 0 Å². The fourth-order valence-electron chi connectivity index (χ4n) is 2.14. The third-order valence-electron chi connectivity index (χ3n) is 3.22. The molecule has 1 aliphatic rings. The van der Waals surface area contributed by atoms with Crippen LogP contribution in [-0.4, -0.2) is 19.6 Å². The van der Waals surface area contributed by atoms with Gasteiger partial charge in [-0.15, -0.1) is 11.3 Å². The van der Waals surface area contributed by atoms with Gasteiger partial charge in [0.25, 0.3) is 0 Å². The monoisotopic (exact) mass is 253 g/mol. The summed E-state index contributed by atoms with van der Waals surface area (Å²) < 4.78 is 4.62. The molecule has 0 saturated heterocycles. The average Bonchev–Trinajstić information content (AvgIpc) is 2.79. The Bertz CT molecular complexity index is 377. The number of carbonyl (C=O) groups is 1. The first-order valence-corrected chi connectivity index (χ1v) is 6.94. The molecule has 1 unspecified atom stereocenters. The lowest BCUT2D eigenvalue weighted by Gasteiger charge is -2.10. The normalized spacial score (nSPS) is 16.4. The van der Waals surface area contributed by atoms with E-state index in [-0.39, 0.29) is 18.6 Å². The molecular weight excluding hydrogens is 234 g/mol. The standard InChI is InChI=1S/C13H19NO2S/c1-9(14-8-13(15)16-2)12-7-10-5-3-4-6-11(10)17-12/h7,9,14H,3-6,8H2,1-2H3. The summed E-state index contributed by atoms with van der Waals surface area (Å²) in [5.41, 5.74) is 1.52. The third kappa shape index (κ3) is 3.07. The van der Waals surface area contributed by atoms with Crippen molar-refractivity contribution in [3.8, 4) is 0 Å². The van der Waals surface area contributed by atoms with Crippen molar-refractivity contribution in [3.63, 3.8) is 0 Å². The minimum Gasteiger partial charge on any atom is -0.468 e. The van der Waals surface area contributed by atoms with Gasteiger partial charge in [0, 0.05) is 15.8 Å². The number of hydrogen-bond donors (Lipinski definition) is 1. The van der Waals surface area contributed by atoms with Crippen molar-refractivity contribution in [1.29, 1.82) is 0 Å². The van der Waals surface area contributed by atoms with E-state index in [0.29, 0.717) is 0 Å². The largest absolute Gasteiger partial charge is 0.468 e. The van der Waals surface area contributed by atoms with E-state index in [2.05, 4.69) is 23.0 Å². The quantitative estimate of drug-likeness (QED) is 0.838. The summed E-state index contributed by atoms with van der Waals surface area (Å²) in [5, 5.41) is 3.19. The van der Waals surface area contributed by atoms with Crippen LogP contribution < -0.4 is 5.32 Å². The van der Waals surface area contributed by atoms with Gasteiger partial charge < -0.3 is 4.74 Å². The number of ether oxygens (including phenoxy) is 1. The highest BCUT2D eigenvalue weighted by molar-refractivity contribution is 7.12. The number of hydrogen-bond acceptors (Lipinski definition) is 4. The second-order valence-corrected chi connectivity index (χ2v) is 5.65. The zero-order valence-electron chi connectivity index (χ0n) is 10.4. The van der Waals surface area contributed by atoms with Crippen molar-refractivity contribution < 1.29 is 9.53 Å². The number of rotatable bonds is 4. The van der Waals surface area contributed by atoms with Gasteiger partial charge >= 0.3 is 5.97 Å². The molecule has 0 aromatic carbocycles. The predicted molar refractivity (Wildman–Crippen MR) is 69.4 cm³/mol. The molecule has 0 spiro atoms. The van der Waals surface area contributed by atoms with Crippen LogP contribution in [0.4, 0.5) is 0 Å². The molecule has 0 radical (unpaired) electrons. The topological polar surface area (TPSA) is 38.3 Å². The summed E-state index contributed by atoms with van der Waals surface area (Å²) in [4.78, 5) is 13.9. The zero-order chi connectivity index (χ0) is 12.3. The number of carbonyl (C=O) groups excluding carboxylic acids is 1. The van der Waals surface area contributed by atoms with Crippen LogP contribution in [0.2, 0.25) is 0 Å². The Kier molecular flexibility index (Phi) is 4.18. The second-order valence-electron chi connectivity index (χ2n) is 4.48. The van der Waals surface area contributed by atoms with Gasteiger partial charge in [0.05, 0.1) is 13.7 Å². The summed E-state index contributed by atoms with van der Waals surface area (Å²) in [7, 11) is 1.42. The molecule has 17 heavy (non-hydrogen) atoms. The molecule has 1 atom stereocenters. The number of thiophene rings is 1. The summed E-state index contributed by atoms with van der Waals surface area (Å²) in [6.07, 6.45) is 5.07. The fraction of sp³-hybridized carbons (Fsp3) is 0.615. The number of methoxy groups -OCH3 is 1. The van der Waals surface area contributed by atoms with E-state index in [9.17, 15) is 4.79 Å². The van der Waals surface area contributed by atoms with Gasteiger partial charge in [-0.1, -0.05) is 0 Å². The molecule has 1 N–H and O–H groups in total. The maximum atomic E-state index is 11.1. The molecule has 94 valence electrons. The van der Waals surface area contributed by atoms with Gasteiger partial charge in [-0.3, -0.25) is 10.1 Å². The van der Waals surface area contributed by atoms with Crippen LogP contribution in [-0.2, 0) is 22.4 Å². The van der Waals surface area contributed by atoms with E-state index >= 15 is 0 Å². The van der Waals surface area contributed by atoms with E-state index < -0.39 is 0 Å². The lowest BCUT2D eigenvalue weighted by Crippen LogP contribution is -2.26. The number of esters is 1. The minimum absolute atomic E-state index is 0.210. The third-order valence-corrected chi connectivity index (χ3v) is 4.64. The number of aryl methyl sites for hydroxylation is 2. The second kappa shape index (κ2) is 5.65. The van der Waals surface area contributed by atoms with Crippen LogP contribution >= 0.6 is 11.3 Å². The first kappa shape index (κ1) is 12.6. The highest BCUT2D eigenvalue weighted by Gasteiger charge is 2.16. The van der Waals surface area contributed by atoms with Crippen LogP contribution in [0.15, 0.2) is 6.07 Å². The molecule has 4 heteroatoms. The highest BCUT2D eigenvalue weighted by atomic mass is 32.1. The van der Waals surface area contributed by atoms with Crippen LogP contribution in [0, 0.1) is 0 Å². The van der Waals surface area contributed by atoms with Gasteiger partial charge in [-0.25, -0.2) is 0 Å². The van der Waals surface area contributed by atoms with Gasteiger partial charge in [0.1, 0.15) is 0 Å². The molecule has 0 fully saturated rings. The van der Waals surface area contributed by atoms with Crippen LogP contribution in [0.1, 0.15) is 41.1 Å². The lowest BCUT2D eigenvalue weighted by molar-refractivity contribution is -0.139. The fourth-order valence-corrected chi connectivity index (χ4v) is 3.42. The van der Waals surface area contributed by atoms with E-state index in [1.165, 1.54) is 48.1 Å². The molecule has 1 aromatic rings. The summed E-state index contributed by atoms with van der Waals surface area (Å²) in [5.74, 6) is -0.210. The van der Waals surface area contributed by atoms with Crippen molar-refractivity contribution in [3.05, 3.63) is 21.4 Å². The molecule has 3 nitrogen and oxygen atoms in total. The van der Waals surface area contributed by atoms with Gasteiger partial charge in [0.2, 0.25) is 0 Å². The maximum absolute atomic E-state index is 11.1. The van der Waals surface area contributed by atoms with Crippen molar-refractivity contribution in [1.82, 2.24) is 5.32 Å². The van der Waals surface area contributed by atoms with Crippen LogP contribution in [0.25, 0.3) is 0 Å². The van der Waals surface area contributed by atoms with Gasteiger partial charge in [0.15, 0.2) is 0 Å². The molecule has 0 amide bonds. The minimum atomic E-state index is -0.210.